The molecule has 1 saturated heterocycles. The van der Waals surface area contributed by atoms with Gasteiger partial charge in [0.25, 0.3) is 0 Å². The molecule has 23 heavy (non-hydrogen) atoms. The third-order valence-corrected chi connectivity index (χ3v) is 3.94. The number of hydrogen-bond acceptors (Lipinski definition) is 2. The van der Waals surface area contributed by atoms with Gasteiger partial charge in [0.15, 0.2) is 0 Å². The standard InChI is InChI=1S/C15H19ClF3N3O/c16-13-3-1-11(2-4-13)7-20-14(23)21-8-12-5-6-22(9-12)10-15(17,18)19/h1-4,12H,5-10H2,(H2,20,21,23). The number of urea groups is 1. The Labute approximate surface area is 138 Å². The minimum Gasteiger partial charge on any atom is -0.338 e. The van der Waals surface area contributed by atoms with E-state index < -0.39 is 12.7 Å². The largest absolute Gasteiger partial charge is 0.401 e. The van der Waals surface area contributed by atoms with Crippen molar-refractivity contribution in [2.24, 2.45) is 5.92 Å². The van der Waals surface area contributed by atoms with Crippen molar-refractivity contribution in [3.63, 3.8) is 0 Å². The van der Waals surface area contributed by atoms with Crippen LogP contribution in [0.5, 0.6) is 0 Å². The summed E-state index contributed by atoms with van der Waals surface area (Å²) in [5, 5.41) is 6.04. The number of nitrogens with one attached hydrogen (secondary N) is 2. The van der Waals surface area contributed by atoms with Gasteiger partial charge in [-0.05, 0) is 36.6 Å². The summed E-state index contributed by atoms with van der Waals surface area (Å²) in [6.45, 7) is 0.635. The van der Waals surface area contributed by atoms with E-state index in [9.17, 15) is 18.0 Å². The first-order chi connectivity index (χ1) is 10.8. The highest BCUT2D eigenvalue weighted by molar-refractivity contribution is 6.30. The van der Waals surface area contributed by atoms with Crippen LogP contribution in [0.2, 0.25) is 5.02 Å². The Bertz CT molecular complexity index is 522. The van der Waals surface area contributed by atoms with Crippen LogP contribution in [0.1, 0.15) is 12.0 Å². The lowest BCUT2D eigenvalue weighted by Crippen LogP contribution is -2.39. The molecule has 1 aromatic rings. The number of nitrogens with zero attached hydrogens (tertiary/aromatic N) is 1. The predicted octanol–water partition coefficient (Wildman–Crippen LogP) is 3.02. The molecule has 1 aliphatic rings. The zero-order valence-corrected chi connectivity index (χ0v) is 13.3. The Morgan fingerprint density at radius 2 is 1.96 bits per heavy atom. The summed E-state index contributed by atoms with van der Waals surface area (Å²) in [7, 11) is 0. The predicted molar refractivity (Wildman–Crippen MR) is 82.3 cm³/mol. The number of alkyl halides is 3. The molecule has 0 saturated carbocycles. The first-order valence-electron chi connectivity index (χ1n) is 7.37. The van der Waals surface area contributed by atoms with Crippen LogP contribution in [0.25, 0.3) is 0 Å². The first kappa shape index (κ1) is 17.9. The lowest BCUT2D eigenvalue weighted by molar-refractivity contribution is -0.143. The zero-order valence-electron chi connectivity index (χ0n) is 12.5. The van der Waals surface area contributed by atoms with E-state index in [4.69, 9.17) is 11.6 Å². The fourth-order valence-corrected chi connectivity index (χ4v) is 2.69. The number of amides is 2. The number of carbonyl (C=O) groups excluding carboxylic acids is 1. The first-order valence-corrected chi connectivity index (χ1v) is 7.75. The molecule has 0 bridgehead atoms. The van der Waals surface area contributed by atoms with Gasteiger partial charge in [-0.1, -0.05) is 23.7 Å². The summed E-state index contributed by atoms with van der Waals surface area (Å²) in [5.74, 6) is 0.0543. The second-order valence-corrected chi connectivity index (χ2v) is 6.13. The zero-order chi connectivity index (χ0) is 16.9. The maximum atomic E-state index is 12.3. The van der Waals surface area contributed by atoms with Crippen LogP contribution < -0.4 is 10.6 Å². The molecule has 0 radical (unpaired) electrons. The highest BCUT2D eigenvalue weighted by atomic mass is 35.5. The van der Waals surface area contributed by atoms with Crippen LogP contribution in [-0.4, -0.2) is 43.3 Å². The topological polar surface area (TPSA) is 44.4 Å². The maximum Gasteiger partial charge on any atom is 0.401 e. The van der Waals surface area contributed by atoms with Crippen LogP contribution in [0.4, 0.5) is 18.0 Å². The van der Waals surface area contributed by atoms with Crippen LogP contribution in [0.3, 0.4) is 0 Å². The molecule has 4 nitrogen and oxygen atoms in total. The Morgan fingerprint density at radius 1 is 1.26 bits per heavy atom. The average molecular weight is 350 g/mol. The Morgan fingerprint density at radius 3 is 2.61 bits per heavy atom. The number of benzene rings is 1. The van der Waals surface area contributed by atoms with Crippen molar-refractivity contribution in [1.29, 1.82) is 0 Å². The van der Waals surface area contributed by atoms with Crippen molar-refractivity contribution in [3.05, 3.63) is 34.9 Å². The molecule has 128 valence electrons. The number of carbonyl (C=O) groups is 1. The normalized spacial score (nSPS) is 18.9. The van der Waals surface area contributed by atoms with Crippen LogP contribution in [0, 0.1) is 5.92 Å². The molecule has 0 spiro atoms. The van der Waals surface area contributed by atoms with Gasteiger partial charge in [-0.25, -0.2) is 4.79 Å². The van der Waals surface area contributed by atoms with E-state index in [2.05, 4.69) is 10.6 Å². The number of hydrogen-bond donors (Lipinski definition) is 2. The van der Waals surface area contributed by atoms with E-state index >= 15 is 0 Å². The lowest BCUT2D eigenvalue weighted by atomic mass is 10.1. The fourth-order valence-electron chi connectivity index (χ4n) is 2.56. The van der Waals surface area contributed by atoms with E-state index in [0.29, 0.717) is 37.6 Å². The number of halogens is 4. The quantitative estimate of drug-likeness (QED) is 0.858. The van der Waals surface area contributed by atoms with E-state index in [1.54, 1.807) is 12.1 Å². The summed E-state index contributed by atoms with van der Waals surface area (Å²) in [6.07, 6.45) is -3.51. The second-order valence-electron chi connectivity index (χ2n) is 5.70. The third kappa shape index (κ3) is 6.66. The van der Waals surface area contributed by atoms with E-state index in [0.717, 1.165) is 5.56 Å². The van der Waals surface area contributed by atoms with Crippen molar-refractivity contribution in [2.75, 3.05) is 26.2 Å². The van der Waals surface area contributed by atoms with Crippen molar-refractivity contribution >= 4 is 17.6 Å². The van der Waals surface area contributed by atoms with Crippen LogP contribution >= 0.6 is 11.6 Å². The van der Waals surface area contributed by atoms with Crippen LogP contribution in [0.15, 0.2) is 24.3 Å². The van der Waals surface area contributed by atoms with E-state index in [1.807, 2.05) is 12.1 Å². The fraction of sp³-hybridized carbons (Fsp3) is 0.533. The molecule has 8 heteroatoms. The Balaban J connectivity index is 1.64. The summed E-state index contributed by atoms with van der Waals surface area (Å²) >= 11 is 5.77. The monoisotopic (exact) mass is 349 g/mol. The Hall–Kier alpha value is -1.47. The molecular weight excluding hydrogens is 331 g/mol. The summed E-state index contributed by atoms with van der Waals surface area (Å²) in [6, 6.07) is 6.78. The highest BCUT2D eigenvalue weighted by Crippen LogP contribution is 2.22. The second kappa shape index (κ2) is 7.88. The third-order valence-electron chi connectivity index (χ3n) is 3.69. The highest BCUT2D eigenvalue weighted by Gasteiger charge is 2.34. The summed E-state index contributed by atoms with van der Waals surface area (Å²) < 4.78 is 36.9. The summed E-state index contributed by atoms with van der Waals surface area (Å²) in [4.78, 5) is 13.1. The van der Waals surface area contributed by atoms with Crippen molar-refractivity contribution in [1.82, 2.24) is 15.5 Å². The smallest absolute Gasteiger partial charge is 0.338 e. The molecular formula is C15H19ClF3N3O. The van der Waals surface area contributed by atoms with Gasteiger partial charge in [-0.2, -0.15) is 13.2 Å². The number of rotatable bonds is 5. The lowest BCUT2D eigenvalue weighted by Gasteiger charge is -2.18. The van der Waals surface area contributed by atoms with Gasteiger partial charge in [0.2, 0.25) is 0 Å². The molecule has 2 rings (SSSR count). The van der Waals surface area contributed by atoms with Gasteiger partial charge in [-0.15, -0.1) is 0 Å². The minimum atomic E-state index is -4.17. The van der Waals surface area contributed by atoms with Gasteiger partial charge < -0.3 is 10.6 Å². The number of likely N-dealkylation sites (tertiary alicyclic amines) is 1. The average Bonchev–Trinajstić information content (AvgIpc) is 2.90. The molecule has 1 atom stereocenters. The molecule has 1 heterocycles. The van der Waals surface area contributed by atoms with Crippen LogP contribution in [-0.2, 0) is 6.54 Å². The van der Waals surface area contributed by atoms with Gasteiger partial charge in [-0.3, -0.25) is 4.90 Å². The minimum absolute atomic E-state index is 0.0543. The molecule has 1 unspecified atom stereocenters. The molecule has 1 aromatic carbocycles. The van der Waals surface area contributed by atoms with Crippen molar-refractivity contribution in [3.8, 4) is 0 Å². The maximum absolute atomic E-state index is 12.3. The van der Waals surface area contributed by atoms with Crippen molar-refractivity contribution < 1.29 is 18.0 Å². The van der Waals surface area contributed by atoms with E-state index in [-0.39, 0.29) is 11.9 Å². The molecule has 1 fully saturated rings. The van der Waals surface area contributed by atoms with Crippen molar-refractivity contribution in [2.45, 2.75) is 19.1 Å². The SMILES string of the molecule is O=C(NCc1ccc(Cl)cc1)NCC1CCN(CC(F)(F)F)C1. The van der Waals surface area contributed by atoms with Gasteiger partial charge >= 0.3 is 12.2 Å². The molecule has 2 N–H and O–H groups in total. The molecule has 1 aliphatic heterocycles. The molecule has 0 aliphatic carbocycles. The van der Waals surface area contributed by atoms with E-state index in [1.165, 1.54) is 4.90 Å². The molecule has 0 aromatic heterocycles. The van der Waals surface area contributed by atoms with Gasteiger partial charge in [0.1, 0.15) is 0 Å². The van der Waals surface area contributed by atoms with Gasteiger partial charge in [0, 0.05) is 24.7 Å². The van der Waals surface area contributed by atoms with Gasteiger partial charge in [0.05, 0.1) is 6.54 Å². The molecule has 2 amide bonds. The Kier molecular flexibility index (Phi) is 6.12. The summed E-state index contributed by atoms with van der Waals surface area (Å²) in [5.41, 5.74) is 0.918.